The average molecular weight is 182 g/mol. The highest BCUT2D eigenvalue weighted by atomic mass is 16.4. The monoisotopic (exact) mass is 182 g/mol. The van der Waals surface area contributed by atoms with E-state index in [4.69, 9.17) is 10.0 Å². The first-order valence-corrected chi connectivity index (χ1v) is 4.45. The third-order valence-corrected chi connectivity index (χ3v) is 2.10. The number of nitrogens with zero attached hydrogens (tertiary/aromatic N) is 1. The van der Waals surface area contributed by atoms with Gasteiger partial charge in [-0.3, -0.25) is 0 Å². The molecule has 4 heteroatoms. The summed E-state index contributed by atoms with van der Waals surface area (Å²) in [6.07, 6.45) is 5.68. The zero-order chi connectivity index (χ0) is 10.1. The Morgan fingerprint density at radius 2 is 2.00 bits per heavy atom. The summed E-state index contributed by atoms with van der Waals surface area (Å²) in [5, 5.41) is 18.1. The van der Waals surface area contributed by atoms with Crippen molar-refractivity contribution in [1.29, 1.82) is 0 Å². The average Bonchev–Trinajstić information content (AvgIpc) is 2.31. The molecule has 0 saturated heterocycles. The lowest BCUT2D eigenvalue weighted by atomic mass is 9.73. The fourth-order valence-electron chi connectivity index (χ4n) is 1.57. The molecule has 0 aromatic rings. The molecular formula is C9H17BNO2+. The number of rotatable bonds is 3. The summed E-state index contributed by atoms with van der Waals surface area (Å²) in [6.45, 7) is 0.889. The second kappa shape index (κ2) is 3.66. The minimum atomic E-state index is -1.31. The molecular weight excluding hydrogens is 165 g/mol. The van der Waals surface area contributed by atoms with E-state index >= 15 is 0 Å². The van der Waals surface area contributed by atoms with E-state index in [9.17, 15) is 0 Å². The fraction of sp³-hybridized carbons (Fsp3) is 0.556. The Kier molecular flexibility index (Phi) is 2.96. The lowest BCUT2D eigenvalue weighted by Gasteiger charge is -2.27. The second-order valence-electron chi connectivity index (χ2n) is 4.50. The van der Waals surface area contributed by atoms with E-state index in [0.717, 1.165) is 11.0 Å². The van der Waals surface area contributed by atoms with Gasteiger partial charge in [0.1, 0.15) is 0 Å². The quantitative estimate of drug-likeness (QED) is 0.469. The van der Waals surface area contributed by atoms with Gasteiger partial charge in [0.15, 0.2) is 0 Å². The van der Waals surface area contributed by atoms with Crippen molar-refractivity contribution in [3.63, 3.8) is 0 Å². The van der Waals surface area contributed by atoms with E-state index in [0.29, 0.717) is 5.47 Å². The van der Waals surface area contributed by atoms with Crippen LogP contribution in [-0.2, 0) is 0 Å². The molecule has 3 nitrogen and oxygen atoms in total. The Hall–Kier alpha value is -0.575. The Bertz CT molecular complexity index is 240. The third kappa shape index (κ3) is 2.99. The van der Waals surface area contributed by atoms with Crippen LogP contribution in [0.2, 0.25) is 0 Å². The Morgan fingerprint density at radius 3 is 2.46 bits per heavy atom. The molecule has 13 heavy (non-hydrogen) atoms. The molecule has 0 bridgehead atoms. The van der Waals surface area contributed by atoms with Crippen LogP contribution in [-0.4, -0.2) is 49.3 Å². The molecule has 1 aliphatic carbocycles. The van der Waals surface area contributed by atoms with Crippen molar-refractivity contribution in [3.8, 4) is 0 Å². The normalized spacial score (nSPS) is 21.9. The van der Waals surface area contributed by atoms with Crippen LogP contribution >= 0.6 is 0 Å². The van der Waals surface area contributed by atoms with E-state index in [-0.39, 0.29) is 5.92 Å². The highest BCUT2D eigenvalue weighted by Gasteiger charge is 2.28. The molecule has 0 aromatic heterocycles. The molecule has 0 heterocycles. The smallest absolute Gasteiger partial charge is 0.423 e. The van der Waals surface area contributed by atoms with Gasteiger partial charge in [-0.2, -0.15) is 0 Å². The van der Waals surface area contributed by atoms with Gasteiger partial charge in [0.25, 0.3) is 0 Å². The van der Waals surface area contributed by atoms with E-state index in [1.165, 1.54) is 0 Å². The lowest BCUT2D eigenvalue weighted by Crippen LogP contribution is -2.40. The summed E-state index contributed by atoms with van der Waals surface area (Å²) < 4.78 is 0.819. The molecule has 0 amide bonds. The summed E-state index contributed by atoms with van der Waals surface area (Å²) in [7, 11) is 4.96. The van der Waals surface area contributed by atoms with Crippen LogP contribution in [0.25, 0.3) is 0 Å². The van der Waals surface area contributed by atoms with Crippen LogP contribution < -0.4 is 0 Å². The molecule has 1 rings (SSSR count). The van der Waals surface area contributed by atoms with Crippen molar-refractivity contribution in [2.75, 3.05) is 27.7 Å². The van der Waals surface area contributed by atoms with Gasteiger partial charge >= 0.3 is 7.12 Å². The summed E-state index contributed by atoms with van der Waals surface area (Å²) >= 11 is 0. The SMILES string of the molecule is C[N+](C)(C)CC1C=CC=C1B(O)O. The number of hydrogen-bond donors (Lipinski definition) is 2. The summed E-state index contributed by atoms with van der Waals surface area (Å²) in [6, 6.07) is 0. The van der Waals surface area contributed by atoms with Crippen molar-refractivity contribution in [1.82, 2.24) is 0 Å². The van der Waals surface area contributed by atoms with Crippen LogP contribution in [0.4, 0.5) is 0 Å². The molecule has 0 radical (unpaired) electrons. The maximum absolute atomic E-state index is 9.06. The van der Waals surface area contributed by atoms with Gasteiger partial charge in [-0.25, -0.2) is 0 Å². The van der Waals surface area contributed by atoms with Crippen molar-refractivity contribution in [2.45, 2.75) is 0 Å². The van der Waals surface area contributed by atoms with Crippen LogP contribution in [0.1, 0.15) is 0 Å². The van der Waals surface area contributed by atoms with E-state index < -0.39 is 7.12 Å². The van der Waals surface area contributed by atoms with Crippen molar-refractivity contribution in [2.24, 2.45) is 5.92 Å². The summed E-state index contributed by atoms with van der Waals surface area (Å²) in [4.78, 5) is 0. The van der Waals surface area contributed by atoms with Crippen molar-refractivity contribution in [3.05, 3.63) is 23.7 Å². The van der Waals surface area contributed by atoms with E-state index in [1.807, 2.05) is 12.2 Å². The molecule has 0 aromatic carbocycles. The van der Waals surface area contributed by atoms with Gasteiger partial charge < -0.3 is 14.5 Å². The number of allylic oxidation sites excluding steroid dienone is 2. The molecule has 0 fully saturated rings. The summed E-state index contributed by atoms with van der Waals surface area (Å²) in [5.74, 6) is 0.167. The van der Waals surface area contributed by atoms with Crippen LogP contribution in [0.5, 0.6) is 0 Å². The Morgan fingerprint density at radius 1 is 1.38 bits per heavy atom. The van der Waals surface area contributed by atoms with Gasteiger partial charge in [-0.1, -0.05) is 18.2 Å². The molecule has 72 valence electrons. The van der Waals surface area contributed by atoms with Crippen LogP contribution in [0.3, 0.4) is 0 Å². The molecule has 1 unspecified atom stereocenters. The third-order valence-electron chi connectivity index (χ3n) is 2.10. The maximum atomic E-state index is 9.06. The first-order chi connectivity index (χ1) is 5.90. The molecule has 1 aliphatic rings. The molecule has 1 atom stereocenters. The molecule has 0 spiro atoms. The van der Waals surface area contributed by atoms with Crippen LogP contribution in [0.15, 0.2) is 23.7 Å². The zero-order valence-electron chi connectivity index (χ0n) is 8.44. The lowest BCUT2D eigenvalue weighted by molar-refractivity contribution is -0.872. The minimum Gasteiger partial charge on any atom is -0.423 e. The second-order valence-corrected chi connectivity index (χ2v) is 4.50. The Balaban J connectivity index is 2.62. The summed E-state index contributed by atoms with van der Waals surface area (Å²) in [5.41, 5.74) is 0.702. The molecule has 2 N–H and O–H groups in total. The van der Waals surface area contributed by atoms with Crippen LogP contribution in [0, 0.1) is 5.92 Å². The van der Waals surface area contributed by atoms with Gasteiger partial charge in [-0.15, -0.1) is 0 Å². The predicted octanol–water partition coefficient (Wildman–Crippen LogP) is -0.183. The zero-order valence-corrected chi connectivity index (χ0v) is 8.44. The Labute approximate surface area is 79.7 Å². The highest BCUT2D eigenvalue weighted by molar-refractivity contribution is 6.51. The van der Waals surface area contributed by atoms with Crippen molar-refractivity contribution < 1.29 is 14.5 Å². The van der Waals surface area contributed by atoms with E-state index in [2.05, 4.69) is 21.1 Å². The minimum absolute atomic E-state index is 0.167. The fourth-order valence-corrected chi connectivity index (χ4v) is 1.57. The van der Waals surface area contributed by atoms with E-state index in [1.54, 1.807) is 6.08 Å². The highest BCUT2D eigenvalue weighted by Crippen LogP contribution is 2.21. The number of quaternary nitrogens is 1. The van der Waals surface area contributed by atoms with Crippen molar-refractivity contribution >= 4 is 7.12 Å². The first kappa shape index (κ1) is 10.5. The largest absolute Gasteiger partial charge is 0.484 e. The predicted molar refractivity (Wildman–Crippen MR) is 53.8 cm³/mol. The van der Waals surface area contributed by atoms with Gasteiger partial charge in [0.05, 0.1) is 27.7 Å². The maximum Gasteiger partial charge on any atom is 0.484 e. The topological polar surface area (TPSA) is 40.5 Å². The molecule has 0 aliphatic heterocycles. The van der Waals surface area contributed by atoms with Gasteiger partial charge in [0, 0.05) is 5.92 Å². The number of hydrogen-bond acceptors (Lipinski definition) is 2. The van der Waals surface area contributed by atoms with Gasteiger partial charge in [0.2, 0.25) is 0 Å². The van der Waals surface area contributed by atoms with Gasteiger partial charge in [-0.05, 0) is 5.47 Å². The standard InChI is InChI=1S/C9H17BNO2/c1-11(2,3)7-8-5-4-6-9(8)10(12)13/h4-6,8,12-13H,7H2,1-3H3/q+1. The first-order valence-electron chi connectivity index (χ1n) is 4.45. The molecule has 0 saturated carbocycles.